The van der Waals surface area contributed by atoms with Crippen LogP contribution in [-0.4, -0.2) is 34.5 Å². The zero-order valence-electron chi connectivity index (χ0n) is 11.0. The zero-order chi connectivity index (χ0) is 13.1. The number of hydrogen-bond donors (Lipinski definition) is 1. The summed E-state index contributed by atoms with van der Waals surface area (Å²) in [6.45, 7) is 5.19. The van der Waals surface area contributed by atoms with Crippen molar-refractivity contribution in [3.63, 3.8) is 0 Å². The van der Waals surface area contributed by atoms with Gasteiger partial charge in [0.1, 0.15) is 0 Å². The molecule has 17 heavy (non-hydrogen) atoms. The predicted molar refractivity (Wildman–Crippen MR) is 65.7 cm³/mol. The van der Waals surface area contributed by atoms with Crippen LogP contribution in [0.25, 0.3) is 0 Å². The second kappa shape index (κ2) is 5.52. The van der Waals surface area contributed by atoms with Crippen LogP contribution < -0.4 is 0 Å². The first-order chi connectivity index (χ1) is 7.84. The number of carbonyl (C=O) groups excluding carboxylic acids is 1. The Kier molecular flexibility index (Phi) is 4.54. The van der Waals surface area contributed by atoms with Gasteiger partial charge in [0, 0.05) is 19.5 Å². The fourth-order valence-electron chi connectivity index (χ4n) is 2.38. The van der Waals surface area contributed by atoms with Crippen molar-refractivity contribution in [3.05, 3.63) is 0 Å². The molecule has 0 heterocycles. The highest BCUT2D eigenvalue weighted by Crippen LogP contribution is 2.26. The third-order valence-corrected chi connectivity index (χ3v) is 3.56. The molecule has 1 aliphatic rings. The number of aliphatic carboxylic acids is 1. The van der Waals surface area contributed by atoms with Crippen LogP contribution in [0.15, 0.2) is 0 Å². The molecule has 1 N–H and O–H groups in total. The molecular formula is C13H23NO3. The first-order valence-electron chi connectivity index (χ1n) is 6.35. The highest BCUT2D eigenvalue weighted by atomic mass is 16.4. The van der Waals surface area contributed by atoms with Crippen LogP contribution in [0.2, 0.25) is 0 Å². The molecule has 1 amide bonds. The number of carboxylic acid groups (broad SMARTS) is 1. The molecule has 4 heteroatoms. The Bertz CT molecular complexity index is 293. The molecule has 0 unspecified atom stereocenters. The smallest absolute Gasteiger partial charge is 0.310 e. The van der Waals surface area contributed by atoms with E-state index in [-0.39, 0.29) is 11.9 Å². The third kappa shape index (κ3) is 3.72. The third-order valence-electron chi connectivity index (χ3n) is 3.56. The summed E-state index contributed by atoms with van der Waals surface area (Å²) >= 11 is 0. The van der Waals surface area contributed by atoms with Crippen molar-refractivity contribution in [1.82, 2.24) is 4.90 Å². The Morgan fingerprint density at radius 2 is 1.76 bits per heavy atom. The molecule has 1 saturated carbocycles. The summed E-state index contributed by atoms with van der Waals surface area (Å²) in [6.07, 6.45) is 5.53. The summed E-state index contributed by atoms with van der Waals surface area (Å²) in [7, 11) is 0. The number of carboxylic acids is 1. The molecule has 0 atom stereocenters. The molecule has 0 aromatic carbocycles. The van der Waals surface area contributed by atoms with Crippen LogP contribution in [0.5, 0.6) is 0 Å². The van der Waals surface area contributed by atoms with Gasteiger partial charge in [0.05, 0.1) is 5.41 Å². The number of carbonyl (C=O) groups is 2. The summed E-state index contributed by atoms with van der Waals surface area (Å²) in [6, 6.07) is 0.236. The molecule has 0 saturated heterocycles. The molecule has 1 fully saturated rings. The van der Waals surface area contributed by atoms with E-state index in [2.05, 4.69) is 0 Å². The lowest BCUT2D eigenvalue weighted by Crippen LogP contribution is -2.47. The lowest BCUT2D eigenvalue weighted by Gasteiger charge is -2.37. The van der Waals surface area contributed by atoms with E-state index < -0.39 is 11.4 Å². The Balaban J connectivity index is 2.72. The zero-order valence-corrected chi connectivity index (χ0v) is 11.0. The Labute approximate surface area is 103 Å². The van der Waals surface area contributed by atoms with Gasteiger partial charge in [-0.2, -0.15) is 0 Å². The minimum absolute atomic E-state index is 0.00812. The largest absolute Gasteiger partial charge is 0.481 e. The van der Waals surface area contributed by atoms with Crippen LogP contribution >= 0.6 is 0 Å². The van der Waals surface area contributed by atoms with Crippen molar-refractivity contribution in [3.8, 4) is 0 Å². The molecule has 1 rings (SSSR count). The molecule has 0 aromatic heterocycles. The predicted octanol–water partition coefficient (Wildman–Crippen LogP) is 2.28. The molecule has 4 nitrogen and oxygen atoms in total. The van der Waals surface area contributed by atoms with E-state index >= 15 is 0 Å². The molecular weight excluding hydrogens is 218 g/mol. The van der Waals surface area contributed by atoms with Gasteiger partial charge >= 0.3 is 5.97 Å². The maximum absolute atomic E-state index is 11.7. The molecule has 0 radical (unpaired) electrons. The summed E-state index contributed by atoms with van der Waals surface area (Å²) < 4.78 is 0. The van der Waals surface area contributed by atoms with Gasteiger partial charge in [-0.15, -0.1) is 0 Å². The number of hydrogen-bond acceptors (Lipinski definition) is 2. The topological polar surface area (TPSA) is 57.6 Å². The molecule has 0 aromatic rings. The Morgan fingerprint density at radius 1 is 1.24 bits per heavy atom. The van der Waals surface area contributed by atoms with Crippen molar-refractivity contribution in [1.29, 1.82) is 0 Å². The average molecular weight is 241 g/mol. The number of rotatable bonds is 4. The van der Waals surface area contributed by atoms with E-state index in [4.69, 9.17) is 5.11 Å². The van der Waals surface area contributed by atoms with Gasteiger partial charge in [-0.05, 0) is 26.7 Å². The van der Waals surface area contributed by atoms with Gasteiger partial charge in [0.25, 0.3) is 0 Å². The average Bonchev–Trinajstić information content (AvgIpc) is 2.26. The van der Waals surface area contributed by atoms with Gasteiger partial charge in [-0.25, -0.2) is 0 Å². The molecule has 0 bridgehead atoms. The SMILES string of the molecule is CC(=O)N(CC(C)(C)C(=O)O)C1CCCCC1. The quantitative estimate of drug-likeness (QED) is 0.821. The van der Waals surface area contributed by atoms with E-state index in [0.29, 0.717) is 6.54 Å². The van der Waals surface area contributed by atoms with E-state index in [1.54, 1.807) is 18.7 Å². The van der Waals surface area contributed by atoms with E-state index in [9.17, 15) is 9.59 Å². The molecule has 98 valence electrons. The van der Waals surface area contributed by atoms with E-state index in [0.717, 1.165) is 25.7 Å². The summed E-state index contributed by atoms with van der Waals surface area (Å²) in [5.41, 5.74) is -0.872. The maximum atomic E-state index is 11.7. The monoisotopic (exact) mass is 241 g/mol. The fraction of sp³-hybridized carbons (Fsp3) is 0.846. The molecule has 0 spiro atoms. The van der Waals surface area contributed by atoms with E-state index in [1.807, 2.05) is 0 Å². The lowest BCUT2D eigenvalue weighted by molar-refractivity contribution is -0.150. The van der Waals surface area contributed by atoms with Crippen LogP contribution in [0, 0.1) is 5.41 Å². The van der Waals surface area contributed by atoms with Crippen molar-refractivity contribution in [2.45, 2.75) is 58.9 Å². The minimum Gasteiger partial charge on any atom is -0.481 e. The second-order valence-corrected chi connectivity index (χ2v) is 5.63. The summed E-state index contributed by atoms with van der Waals surface area (Å²) in [4.78, 5) is 24.6. The van der Waals surface area contributed by atoms with Gasteiger partial charge in [-0.1, -0.05) is 19.3 Å². The first-order valence-corrected chi connectivity index (χ1v) is 6.35. The highest BCUT2D eigenvalue weighted by molar-refractivity contribution is 5.77. The van der Waals surface area contributed by atoms with Crippen LogP contribution in [0.3, 0.4) is 0 Å². The molecule has 0 aliphatic heterocycles. The standard InChI is InChI=1S/C13H23NO3/c1-10(15)14(9-13(2,3)12(16)17)11-7-5-4-6-8-11/h11H,4-9H2,1-3H3,(H,16,17). The molecule has 1 aliphatic carbocycles. The Morgan fingerprint density at radius 3 is 2.18 bits per heavy atom. The Hall–Kier alpha value is -1.06. The number of amides is 1. The van der Waals surface area contributed by atoms with Gasteiger partial charge < -0.3 is 10.0 Å². The highest BCUT2D eigenvalue weighted by Gasteiger charge is 2.34. The van der Waals surface area contributed by atoms with Crippen LogP contribution in [-0.2, 0) is 9.59 Å². The van der Waals surface area contributed by atoms with Gasteiger partial charge in [0.2, 0.25) is 5.91 Å². The fourth-order valence-corrected chi connectivity index (χ4v) is 2.38. The van der Waals surface area contributed by atoms with Crippen molar-refractivity contribution in [2.75, 3.05) is 6.54 Å². The van der Waals surface area contributed by atoms with Crippen molar-refractivity contribution < 1.29 is 14.7 Å². The van der Waals surface area contributed by atoms with Crippen molar-refractivity contribution in [2.24, 2.45) is 5.41 Å². The second-order valence-electron chi connectivity index (χ2n) is 5.63. The summed E-state index contributed by atoms with van der Waals surface area (Å²) in [5.74, 6) is -0.856. The minimum atomic E-state index is -0.872. The number of nitrogens with zero attached hydrogens (tertiary/aromatic N) is 1. The van der Waals surface area contributed by atoms with Gasteiger partial charge in [0.15, 0.2) is 0 Å². The van der Waals surface area contributed by atoms with E-state index in [1.165, 1.54) is 13.3 Å². The van der Waals surface area contributed by atoms with Crippen LogP contribution in [0.4, 0.5) is 0 Å². The maximum Gasteiger partial charge on any atom is 0.310 e. The first kappa shape index (κ1) is 14.0. The van der Waals surface area contributed by atoms with Crippen molar-refractivity contribution >= 4 is 11.9 Å². The lowest BCUT2D eigenvalue weighted by atomic mass is 9.89. The van der Waals surface area contributed by atoms with Gasteiger partial charge in [-0.3, -0.25) is 9.59 Å². The summed E-state index contributed by atoms with van der Waals surface area (Å²) in [5, 5.41) is 9.13. The normalized spacial score (nSPS) is 17.8. The van der Waals surface area contributed by atoms with Crippen LogP contribution in [0.1, 0.15) is 52.9 Å².